The van der Waals surface area contributed by atoms with Crippen molar-refractivity contribution in [1.82, 2.24) is 13.0 Å². The van der Waals surface area contributed by atoms with Crippen LogP contribution in [0.5, 0.6) is 0 Å². The van der Waals surface area contributed by atoms with Crippen LogP contribution < -0.4 is 0 Å². The lowest BCUT2D eigenvalue weighted by Gasteiger charge is -2.45. The van der Waals surface area contributed by atoms with Gasteiger partial charge in [-0.05, 0) is 41.3 Å². The molecule has 0 saturated carbocycles. The average molecular weight is 262 g/mol. The number of hydrogen-bond donors (Lipinski definition) is 0. The minimum Gasteiger partial charge on any atom is -0.344 e. The molecule has 0 aliphatic carbocycles. The highest BCUT2D eigenvalue weighted by molar-refractivity contribution is 6.92. The van der Waals surface area contributed by atoms with E-state index in [1.807, 2.05) is 0 Å². The van der Waals surface area contributed by atoms with E-state index in [9.17, 15) is 0 Å². The van der Waals surface area contributed by atoms with Crippen LogP contribution in [-0.4, -0.2) is 67.7 Å². The molecule has 0 aromatic rings. The molecular formula is C9H27N3Si3. The van der Waals surface area contributed by atoms with Gasteiger partial charge in [0.2, 0.25) is 18.2 Å². The van der Waals surface area contributed by atoms with Gasteiger partial charge in [-0.15, -0.1) is 0 Å². The molecule has 0 spiro atoms. The lowest BCUT2D eigenvalue weighted by Crippen LogP contribution is -2.67. The Morgan fingerprint density at radius 2 is 1.00 bits per heavy atom. The Hall–Kier alpha value is 0.531. The molecule has 90 valence electrons. The fraction of sp³-hybridized carbons (Fsp3) is 1.00. The zero-order valence-corrected chi connectivity index (χ0v) is 14.8. The van der Waals surface area contributed by atoms with E-state index in [1.165, 1.54) is 0 Å². The summed E-state index contributed by atoms with van der Waals surface area (Å²) in [7, 11) is 6.63. The standard InChI is InChI=1S/C9H27N3Si3/c1-10(2)13(5)12(15(7,8)9)14(6)11(3)4/h1-9H3. The maximum atomic E-state index is 2.86. The van der Waals surface area contributed by atoms with Gasteiger partial charge in [-0.25, -0.2) is 0 Å². The van der Waals surface area contributed by atoms with Crippen LogP contribution in [0, 0.1) is 0 Å². The molecule has 0 aromatic heterocycles. The molecule has 0 bridgehead atoms. The minimum absolute atomic E-state index is 0.514. The van der Waals surface area contributed by atoms with Crippen LogP contribution in [0.2, 0.25) is 32.7 Å². The lowest BCUT2D eigenvalue weighted by molar-refractivity contribution is 0.563. The average Bonchev–Trinajstić information content (AvgIpc) is 2.01. The molecule has 0 fully saturated rings. The Morgan fingerprint density at radius 3 is 1.13 bits per heavy atom. The fourth-order valence-electron chi connectivity index (χ4n) is 1.60. The molecule has 0 aliphatic rings. The minimum atomic E-state index is -1.20. The highest BCUT2D eigenvalue weighted by Crippen LogP contribution is 2.15. The van der Waals surface area contributed by atoms with Gasteiger partial charge in [0.25, 0.3) is 0 Å². The molecule has 0 atom stereocenters. The molecule has 0 saturated heterocycles. The van der Waals surface area contributed by atoms with Crippen LogP contribution >= 0.6 is 0 Å². The van der Waals surface area contributed by atoms with Crippen LogP contribution in [0.3, 0.4) is 0 Å². The SMILES string of the molecule is CN(C)[Si](C)N([Si](C)N(C)C)[Si](C)(C)C. The maximum Gasteiger partial charge on any atom is 0.212 e. The fourth-order valence-corrected chi connectivity index (χ4v) is 14.4. The van der Waals surface area contributed by atoms with Crippen LogP contribution in [0.15, 0.2) is 0 Å². The monoisotopic (exact) mass is 261 g/mol. The zero-order chi connectivity index (χ0) is 12.4. The molecule has 0 N–H and O–H groups in total. The highest BCUT2D eigenvalue weighted by atomic mass is 28.4. The van der Waals surface area contributed by atoms with Crippen LogP contribution in [0.25, 0.3) is 0 Å². The molecule has 3 nitrogen and oxygen atoms in total. The Balaban J connectivity index is 4.90. The van der Waals surface area contributed by atoms with Crippen LogP contribution in [0.4, 0.5) is 0 Å². The summed E-state index contributed by atoms with van der Waals surface area (Å²) >= 11 is 0. The van der Waals surface area contributed by atoms with Gasteiger partial charge in [0.1, 0.15) is 8.24 Å². The first kappa shape index (κ1) is 15.5. The van der Waals surface area contributed by atoms with E-state index in [4.69, 9.17) is 0 Å². The van der Waals surface area contributed by atoms with Crippen molar-refractivity contribution in [3.63, 3.8) is 0 Å². The first-order valence-corrected chi connectivity index (χ1v) is 12.6. The molecule has 0 aromatic carbocycles. The third-order valence-electron chi connectivity index (χ3n) is 2.61. The van der Waals surface area contributed by atoms with E-state index < -0.39 is 26.5 Å². The second kappa shape index (κ2) is 5.74. The summed E-state index contributed by atoms with van der Waals surface area (Å²) in [5.74, 6) is 0. The van der Waals surface area contributed by atoms with Gasteiger partial charge in [-0.1, -0.05) is 19.6 Å². The van der Waals surface area contributed by atoms with Crippen molar-refractivity contribution in [2.45, 2.75) is 32.7 Å². The van der Waals surface area contributed by atoms with Gasteiger partial charge in [0, 0.05) is 0 Å². The van der Waals surface area contributed by atoms with Crippen molar-refractivity contribution < 1.29 is 0 Å². The number of rotatable bonds is 5. The lowest BCUT2D eigenvalue weighted by atomic mass is 11.3. The van der Waals surface area contributed by atoms with Crippen molar-refractivity contribution in [1.29, 1.82) is 0 Å². The van der Waals surface area contributed by atoms with E-state index in [2.05, 4.69) is 74.0 Å². The Morgan fingerprint density at radius 1 is 0.733 bits per heavy atom. The third-order valence-corrected chi connectivity index (χ3v) is 15.7. The van der Waals surface area contributed by atoms with Crippen molar-refractivity contribution >= 4 is 26.5 Å². The molecule has 6 heteroatoms. The zero-order valence-electron chi connectivity index (χ0n) is 11.8. The number of nitrogens with zero attached hydrogens (tertiary/aromatic N) is 3. The van der Waals surface area contributed by atoms with E-state index in [-0.39, 0.29) is 0 Å². The predicted molar refractivity (Wildman–Crippen MR) is 75.8 cm³/mol. The summed E-state index contributed by atoms with van der Waals surface area (Å²) < 4.78 is 7.70. The molecule has 2 radical (unpaired) electrons. The summed E-state index contributed by atoms with van der Waals surface area (Å²) in [6, 6.07) is 0. The Kier molecular flexibility index (Phi) is 5.94. The van der Waals surface area contributed by atoms with Gasteiger partial charge in [-0.3, -0.25) is 0 Å². The summed E-state index contributed by atoms with van der Waals surface area (Å²) in [5, 5.41) is 0. The maximum absolute atomic E-state index is 2.86. The topological polar surface area (TPSA) is 9.72 Å². The molecule has 0 amide bonds. The summed E-state index contributed by atoms with van der Waals surface area (Å²) in [6.45, 7) is 12.2. The van der Waals surface area contributed by atoms with E-state index in [0.717, 1.165) is 0 Å². The first-order valence-electron chi connectivity index (χ1n) is 5.41. The summed E-state index contributed by atoms with van der Waals surface area (Å²) in [4.78, 5) is 0. The van der Waals surface area contributed by atoms with E-state index >= 15 is 0 Å². The van der Waals surface area contributed by atoms with Gasteiger partial charge in [0.05, 0.1) is 0 Å². The second-order valence-electron chi connectivity index (χ2n) is 5.39. The van der Waals surface area contributed by atoms with Gasteiger partial charge < -0.3 is 13.0 Å². The first-order chi connectivity index (χ1) is 6.59. The molecule has 0 unspecified atom stereocenters. The Labute approximate surface area is 101 Å². The van der Waals surface area contributed by atoms with Gasteiger partial charge in [0.15, 0.2) is 0 Å². The van der Waals surface area contributed by atoms with Crippen molar-refractivity contribution in [3.05, 3.63) is 0 Å². The molecule has 0 aliphatic heterocycles. The van der Waals surface area contributed by atoms with Crippen LogP contribution in [0.1, 0.15) is 0 Å². The molecular weight excluding hydrogens is 234 g/mol. The Bertz CT molecular complexity index is 178. The predicted octanol–water partition coefficient (Wildman–Crippen LogP) is 1.48. The summed E-state index contributed by atoms with van der Waals surface area (Å²) in [5.41, 5.74) is 0. The van der Waals surface area contributed by atoms with Crippen molar-refractivity contribution in [2.24, 2.45) is 0 Å². The normalized spacial score (nSPS) is 14.0. The highest BCUT2D eigenvalue weighted by Gasteiger charge is 2.36. The summed E-state index contributed by atoms with van der Waals surface area (Å²) in [6.07, 6.45) is 0. The largest absolute Gasteiger partial charge is 0.344 e. The van der Waals surface area contributed by atoms with Crippen molar-refractivity contribution in [3.8, 4) is 0 Å². The molecule has 0 rings (SSSR count). The second-order valence-corrected chi connectivity index (χ2v) is 16.4. The third kappa shape index (κ3) is 4.49. The quantitative estimate of drug-likeness (QED) is 0.694. The van der Waals surface area contributed by atoms with Gasteiger partial charge in [-0.2, -0.15) is 0 Å². The molecule has 15 heavy (non-hydrogen) atoms. The van der Waals surface area contributed by atoms with Crippen LogP contribution in [-0.2, 0) is 0 Å². The number of hydrogen-bond acceptors (Lipinski definition) is 3. The molecule has 0 heterocycles. The van der Waals surface area contributed by atoms with Gasteiger partial charge >= 0.3 is 0 Å². The van der Waals surface area contributed by atoms with Crippen molar-refractivity contribution in [2.75, 3.05) is 28.2 Å². The van der Waals surface area contributed by atoms with E-state index in [1.54, 1.807) is 0 Å². The van der Waals surface area contributed by atoms with E-state index in [0.29, 0.717) is 0 Å². The smallest absolute Gasteiger partial charge is 0.212 e.